The number of nitrogens with zero attached hydrogens (tertiary/aromatic N) is 1. The van der Waals surface area contributed by atoms with Gasteiger partial charge in [0.05, 0.1) is 31.0 Å². The standard InChI is InChI=1S/C57H91NO14/c1-35(29-39(5)51(61)53(68-11)52(62)40(6)30-37(3)42(8)59)17-13-12-14-18-36(2)49(70-34-44-24-27-69-28-25-44)33-46-22-20-41(7)57(66,72-46)54(63)55(64)58-26-16-15-19-47(58)56(65)71-43(9)38(4)31-45-21-23-48(60)50(32-45)67-10/h12-14,17-18,30,35,37-39,41,43-50,52-53,60,62,66H,15-16,19-29,31-34H2,1-11H3/b14-12+,17-13+,36-18+,40-30+/t35-,37-,38-,39-,41-,43+,45+,46+,47+,48-,49?,50-,52-,53+,57-/m1/s1. The fraction of sp³-hybridized carbons (Fsp3) is 0.772. The first kappa shape index (κ1) is 61.1. The van der Waals surface area contributed by atoms with Crippen molar-refractivity contribution in [3.05, 3.63) is 47.6 Å². The third kappa shape index (κ3) is 17.6. The Morgan fingerprint density at radius 3 is 2.22 bits per heavy atom. The van der Waals surface area contributed by atoms with E-state index >= 15 is 0 Å². The smallest absolute Gasteiger partial charge is 0.329 e. The first-order valence-electron chi connectivity index (χ1n) is 26.9. The molecule has 0 aromatic heterocycles. The van der Waals surface area contributed by atoms with Crippen LogP contribution in [0.4, 0.5) is 0 Å². The number of hydrogen-bond acceptors (Lipinski definition) is 14. The zero-order valence-corrected chi connectivity index (χ0v) is 45.4. The van der Waals surface area contributed by atoms with Gasteiger partial charge in [0.25, 0.3) is 11.7 Å². The van der Waals surface area contributed by atoms with Crippen molar-refractivity contribution in [2.45, 2.75) is 200 Å². The topological polar surface area (TPSA) is 205 Å². The Balaban J connectivity index is 1.39. The highest BCUT2D eigenvalue weighted by Gasteiger charge is 2.53. The molecule has 3 heterocycles. The normalized spacial score (nSPS) is 29.5. The highest BCUT2D eigenvalue weighted by Crippen LogP contribution is 2.38. The van der Waals surface area contributed by atoms with Gasteiger partial charge in [0.15, 0.2) is 5.78 Å². The maximum absolute atomic E-state index is 14.2. The molecule has 15 atom stereocenters. The lowest BCUT2D eigenvalue weighted by Gasteiger charge is -2.43. The van der Waals surface area contributed by atoms with Crippen molar-refractivity contribution in [2.24, 2.45) is 41.4 Å². The molecule has 1 saturated carbocycles. The summed E-state index contributed by atoms with van der Waals surface area (Å²) in [5.74, 6) is -6.01. The third-order valence-corrected chi connectivity index (χ3v) is 16.0. The minimum Gasteiger partial charge on any atom is -0.461 e. The Morgan fingerprint density at radius 2 is 1.56 bits per heavy atom. The van der Waals surface area contributed by atoms with Gasteiger partial charge in [0.2, 0.25) is 5.79 Å². The van der Waals surface area contributed by atoms with Crippen LogP contribution in [-0.2, 0) is 52.4 Å². The van der Waals surface area contributed by atoms with Crippen LogP contribution in [0.25, 0.3) is 0 Å². The number of rotatable bonds is 26. The average Bonchev–Trinajstić information content (AvgIpc) is 3.36. The predicted molar refractivity (Wildman–Crippen MR) is 274 cm³/mol. The summed E-state index contributed by atoms with van der Waals surface area (Å²) in [6.07, 6.45) is 15.3. The average molecular weight is 1010 g/mol. The molecule has 3 aliphatic heterocycles. The van der Waals surface area contributed by atoms with Gasteiger partial charge in [-0.15, -0.1) is 0 Å². The molecule has 4 aliphatic rings. The van der Waals surface area contributed by atoms with Gasteiger partial charge in [-0.2, -0.15) is 0 Å². The predicted octanol–water partition coefficient (Wildman–Crippen LogP) is 7.61. The van der Waals surface area contributed by atoms with E-state index in [1.54, 1.807) is 34.0 Å². The van der Waals surface area contributed by atoms with Crippen molar-refractivity contribution in [1.82, 2.24) is 4.90 Å². The van der Waals surface area contributed by atoms with Crippen LogP contribution in [0.2, 0.25) is 0 Å². The summed E-state index contributed by atoms with van der Waals surface area (Å²) in [5.41, 5.74) is 1.43. The van der Waals surface area contributed by atoms with E-state index in [4.69, 9.17) is 28.4 Å². The molecule has 4 fully saturated rings. The van der Waals surface area contributed by atoms with E-state index in [2.05, 4.69) is 0 Å². The lowest BCUT2D eigenvalue weighted by atomic mass is 9.79. The van der Waals surface area contributed by atoms with Gasteiger partial charge in [-0.3, -0.25) is 19.2 Å². The van der Waals surface area contributed by atoms with Crippen LogP contribution in [0.1, 0.15) is 146 Å². The van der Waals surface area contributed by atoms with Gasteiger partial charge >= 0.3 is 5.97 Å². The van der Waals surface area contributed by atoms with Gasteiger partial charge in [-0.05, 0) is 140 Å². The van der Waals surface area contributed by atoms with Crippen molar-refractivity contribution >= 4 is 29.2 Å². The Labute approximate surface area is 430 Å². The molecule has 1 unspecified atom stereocenters. The van der Waals surface area contributed by atoms with Crippen molar-refractivity contribution in [3.8, 4) is 0 Å². The molecule has 15 heteroatoms. The second-order valence-corrected chi connectivity index (χ2v) is 21.9. The SMILES string of the molecule is CO[C@@H]1C[C@H](C[C@@H](C)[C@H](C)OC(=O)[C@@H]2CCCCN2C(=O)C(=O)[C@]2(O)O[C@H](CC(OCC3CCOCC3)/C(C)=C/C=C/C=C/[C@@H](C)C[C@@H](C)C(=O)[C@H](OC)[C@H](O)/C(C)=C/[C@@H](C)C(C)=O)CC[C@H]2C)CC[C@H]1O. The van der Waals surface area contributed by atoms with Crippen LogP contribution in [0, 0.1) is 41.4 Å². The molecule has 72 heavy (non-hydrogen) atoms. The fourth-order valence-corrected chi connectivity index (χ4v) is 10.7. The number of carbonyl (C=O) groups excluding carboxylic acids is 5. The number of ketones is 3. The van der Waals surface area contributed by atoms with Crippen LogP contribution >= 0.6 is 0 Å². The Bertz CT molecular complexity index is 1890. The van der Waals surface area contributed by atoms with Gasteiger partial charge < -0.3 is 48.6 Å². The number of allylic oxidation sites excluding steroid dienone is 6. The molecule has 1 aliphatic carbocycles. The van der Waals surface area contributed by atoms with E-state index in [9.17, 15) is 39.3 Å². The maximum Gasteiger partial charge on any atom is 0.329 e. The lowest BCUT2D eigenvalue weighted by molar-refractivity contribution is -0.266. The molecule has 4 rings (SSSR count). The van der Waals surface area contributed by atoms with Crippen LogP contribution in [0.3, 0.4) is 0 Å². The summed E-state index contributed by atoms with van der Waals surface area (Å²) in [6.45, 7) is 18.4. The Hall–Kier alpha value is -3.41. The van der Waals surface area contributed by atoms with Gasteiger partial charge in [-0.25, -0.2) is 4.79 Å². The molecule has 0 aromatic rings. The second kappa shape index (κ2) is 29.6. The Kier molecular flexibility index (Phi) is 25.2. The first-order valence-corrected chi connectivity index (χ1v) is 26.9. The van der Waals surface area contributed by atoms with Crippen molar-refractivity contribution < 1.29 is 67.7 Å². The van der Waals surface area contributed by atoms with E-state index in [0.717, 1.165) is 37.7 Å². The number of piperidine rings is 1. The van der Waals surface area contributed by atoms with E-state index in [0.29, 0.717) is 88.6 Å². The minimum absolute atomic E-state index is 0.0146. The summed E-state index contributed by atoms with van der Waals surface area (Å²) < 4.78 is 35.4. The number of esters is 1. The fourth-order valence-electron chi connectivity index (χ4n) is 10.7. The number of carbonyl (C=O) groups is 5. The van der Waals surface area contributed by atoms with Crippen LogP contribution < -0.4 is 0 Å². The number of ether oxygens (including phenoxy) is 6. The molecule has 3 N–H and O–H groups in total. The molecule has 15 nitrogen and oxygen atoms in total. The van der Waals surface area contributed by atoms with E-state index in [-0.39, 0.29) is 42.0 Å². The number of Topliss-reactive ketones (excluding diaryl/α,β-unsaturated/α-hetero) is 3. The second-order valence-electron chi connectivity index (χ2n) is 21.9. The summed E-state index contributed by atoms with van der Waals surface area (Å²) >= 11 is 0. The summed E-state index contributed by atoms with van der Waals surface area (Å²) in [6, 6.07) is -0.962. The number of methoxy groups -OCH3 is 2. The third-order valence-electron chi connectivity index (χ3n) is 16.0. The molecule has 0 spiro atoms. The summed E-state index contributed by atoms with van der Waals surface area (Å²) in [4.78, 5) is 68.6. The quantitative estimate of drug-likeness (QED) is 0.0330. The number of aliphatic hydroxyl groups is 3. The Morgan fingerprint density at radius 1 is 0.847 bits per heavy atom. The summed E-state index contributed by atoms with van der Waals surface area (Å²) in [5, 5.41) is 33.3. The molecule has 0 radical (unpaired) electrons. The molecule has 0 aromatic carbocycles. The van der Waals surface area contributed by atoms with E-state index < -0.39 is 77.9 Å². The van der Waals surface area contributed by atoms with Gasteiger partial charge in [-0.1, -0.05) is 71.1 Å². The maximum atomic E-state index is 14.2. The molecule has 0 bridgehead atoms. The highest BCUT2D eigenvalue weighted by molar-refractivity contribution is 6.39. The molecular formula is C57H91NO14. The molecular weight excluding hydrogens is 923 g/mol. The minimum atomic E-state index is -2.40. The number of aliphatic hydroxyl groups excluding tert-OH is 2. The monoisotopic (exact) mass is 1010 g/mol. The lowest BCUT2D eigenvalue weighted by Crippen LogP contribution is -2.60. The highest BCUT2D eigenvalue weighted by atomic mass is 16.6. The first-order chi connectivity index (χ1) is 34.1. The van der Waals surface area contributed by atoms with Gasteiger partial charge in [0.1, 0.15) is 30.1 Å². The van der Waals surface area contributed by atoms with Crippen molar-refractivity contribution in [2.75, 3.05) is 40.6 Å². The van der Waals surface area contributed by atoms with Crippen molar-refractivity contribution in [3.63, 3.8) is 0 Å². The molecule has 1 amide bonds. The summed E-state index contributed by atoms with van der Waals surface area (Å²) in [7, 11) is 3.01. The zero-order valence-electron chi connectivity index (χ0n) is 45.4. The van der Waals surface area contributed by atoms with Crippen LogP contribution in [0.5, 0.6) is 0 Å². The zero-order chi connectivity index (χ0) is 53.3. The molecule has 408 valence electrons. The van der Waals surface area contributed by atoms with E-state index in [1.807, 2.05) is 65.0 Å². The molecule has 3 saturated heterocycles. The number of amides is 1. The van der Waals surface area contributed by atoms with E-state index in [1.165, 1.54) is 18.9 Å². The van der Waals surface area contributed by atoms with Crippen LogP contribution in [0.15, 0.2) is 47.6 Å². The van der Waals surface area contributed by atoms with Gasteiger partial charge in [0, 0.05) is 58.2 Å². The number of hydrogen-bond donors (Lipinski definition) is 3. The largest absolute Gasteiger partial charge is 0.461 e. The number of likely N-dealkylation sites (tertiary alicyclic amines) is 1. The van der Waals surface area contributed by atoms with Crippen LogP contribution in [-0.4, -0.2) is 145 Å². The van der Waals surface area contributed by atoms with Crippen molar-refractivity contribution in [1.29, 1.82) is 0 Å².